The zero-order valence-electron chi connectivity index (χ0n) is 14.6. The van der Waals surface area contributed by atoms with E-state index in [9.17, 15) is 13.2 Å². The minimum Gasteiger partial charge on any atom is -0.343 e. The van der Waals surface area contributed by atoms with Crippen LogP contribution >= 0.6 is 0 Å². The molecule has 0 aliphatic heterocycles. The SMILES string of the molecule is CCN(CC)C(=O)CCc1ccc(S(=O)(=O)N(CC)CC)cc1. The maximum atomic E-state index is 12.4. The van der Waals surface area contributed by atoms with E-state index in [0.717, 1.165) is 18.7 Å². The number of carbonyl (C=O) groups is 1. The van der Waals surface area contributed by atoms with Gasteiger partial charge in [-0.2, -0.15) is 4.31 Å². The fraction of sp³-hybridized carbons (Fsp3) is 0.588. The first-order chi connectivity index (χ1) is 10.9. The van der Waals surface area contributed by atoms with Gasteiger partial charge < -0.3 is 4.90 Å². The van der Waals surface area contributed by atoms with Gasteiger partial charge in [0.1, 0.15) is 0 Å². The van der Waals surface area contributed by atoms with E-state index in [1.54, 1.807) is 29.2 Å². The Bertz CT molecular complexity index is 589. The monoisotopic (exact) mass is 340 g/mol. The van der Waals surface area contributed by atoms with Gasteiger partial charge in [0.25, 0.3) is 0 Å². The van der Waals surface area contributed by atoms with Gasteiger partial charge in [-0.1, -0.05) is 26.0 Å². The highest BCUT2D eigenvalue weighted by molar-refractivity contribution is 7.89. The van der Waals surface area contributed by atoms with Crippen molar-refractivity contribution in [2.45, 2.75) is 45.4 Å². The molecule has 1 rings (SSSR count). The van der Waals surface area contributed by atoms with E-state index in [1.165, 1.54) is 4.31 Å². The van der Waals surface area contributed by atoms with Crippen LogP contribution in [0, 0.1) is 0 Å². The van der Waals surface area contributed by atoms with Gasteiger partial charge in [0.05, 0.1) is 4.90 Å². The molecule has 5 nitrogen and oxygen atoms in total. The van der Waals surface area contributed by atoms with Crippen LogP contribution in [0.15, 0.2) is 29.2 Å². The summed E-state index contributed by atoms with van der Waals surface area (Å²) in [5.74, 6) is 0.134. The third-order valence-electron chi connectivity index (χ3n) is 4.01. The number of benzene rings is 1. The van der Waals surface area contributed by atoms with E-state index >= 15 is 0 Å². The molecule has 0 atom stereocenters. The van der Waals surface area contributed by atoms with Crippen LogP contribution in [0.2, 0.25) is 0 Å². The molecule has 0 heterocycles. The molecule has 0 aliphatic rings. The number of aryl methyl sites for hydroxylation is 1. The van der Waals surface area contributed by atoms with Crippen molar-refractivity contribution in [2.24, 2.45) is 0 Å². The fourth-order valence-corrected chi connectivity index (χ4v) is 3.98. The summed E-state index contributed by atoms with van der Waals surface area (Å²) >= 11 is 0. The molecule has 0 aromatic heterocycles. The van der Waals surface area contributed by atoms with Crippen LogP contribution in [0.25, 0.3) is 0 Å². The molecule has 6 heteroatoms. The lowest BCUT2D eigenvalue weighted by atomic mass is 10.1. The zero-order chi connectivity index (χ0) is 17.5. The van der Waals surface area contributed by atoms with Crippen LogP contribution < -0.4 is 0 Å². The molecule has 0 aliphatic carbocycles. The lowest BCUT2D eigenvalue weighted by Crippen LogP contribution is -2.30. The number of hydrogen-bond donors (Lipinski definition) is 0. The summed E-state index contributed by atoms with van der Waals surface area (Å²) in [5, 5.41) is 0. The summed E-state index contributed by atoms with van der Waals surface area (Å²) in [6.45, 7) is 9.94. The maximum absolute atomic E-state index is 12.4. The summed E-state index contributed by atoms with van der Waals surface area (Å²) in [5.41, 5.74) is 0.976. The Morgan fingerprint density at radius 1 is 0.913 bits per heavy atom. The van der Waals surface area contributed by atoms with Crippen molar-refractivity contribution in [3.05, 3.63) is 29.8 Å². The smallest absolute Gasteiger partial charge is 0.243 e. The van der Waals surface area contributed by atoms with Gasteiger partial charge >= 0.3 is 0 Å². The minimum atomic E-state index is -3.41. The first-order valence-corrected chi connectivity index (χ1v) is 9.71. The van der Waals surface area contributed by atoms with Crippen LogP contribution in [0.4, 0.5) is 0 Å². The predicted octanol–water partition coefficient (Wildman–Crippen LogP) is 2.52. The number of carbonyl (C=O) groups excluding carboxylic acids is 1. The lowest BCUT2D eigenvalue weighted by molar-refractivity contribution is -0.130. The number of rotatable bonds is 9. The second-order valence-electron chi connectivity index (χ2n) is 5.30. The Morgan fingerprint density at radius 3 is 1.87 bits per heavy atom. The molecule has 1 aromatic carbocycles. The first kappa shape index (κ1) is 19.6. The van der Waals surface area contributed by atoms with Crippen molar-refractivity contribution in [2.75, 3.05) is 26.2 Å². The van der Waals surface area contributed by atoms with E-state index in [0.29, 0.717) is 30.8 Å². The average molecular weight is 340 g/mol. The summed E-state index contributed by atoms with van der Waals surface area (Å²) in [6.07, 6.45) is 1.07. The standard InChI is InChI=1S/C17H28N2O3S/c1-5-18(6-2)17(20)14-11-15-9-12-16(13-10-15)23(21,22)19(7-3)8-4/h9-10,12-13H,5-8,11,14H2,1-4H3. The van der Waals surface area contributed by atoms with Gasteiger partial charge in [0, 0.05) is 32.6 Å². The van der Waals surface area contributed by atoms with E-state index in [1.807, 2.05) is 27.7 Å². The van der Waals surface area contributed by atoms with Crippen LogP contribution in [-0.4, -0.2) is 49.7 Å². The van der Waals surface area contributed by atoms with Crippen molar-refractivity contribution in [3.8, 4) is 0 Å². The largest absolute Gasteiger partial charge is 0.343 e. The van der Waals surface area contributed by atoms with Gasteiger partial charge in [-0.3, -0.25) is 4.79 Å². The molecule has 0 N–H and O–H groups in total. The number of sulfonamides is 1. The van der Waals surface area contributed by atoms with Crippen molar-refractivity contribution < 1.29 is 13.2 Å². The Hall–Kier alpha value is -1.40. The van der Waals surface area contributed by atoms with E-state index < -0.39 is 10.0 Å². The Balaban J connectivity index is 2.76. The average Bonchev–Trinajstić information content (AvgIpc) is 2.55. The van der Waals surface area contributed by atoms with Gasteiger partial charge in [-0.15, -0.1) is 0 Å². The van der Waals surface area contributed by atoms with Gasteiger partial charge in [0.2, 0.25) is 15.9 Å². The molecule has 1 amide bonds. The fourth-order valence-electron chi connectivity index (χ4n) is 2.53. The maximum Gasteiger partial charge on any atom is 0.243 e. The summed E-state index contributed by atoms with van der Waals surface area (Å²) in [7, 11) is -3.41. The summed E-state index contributed by atoms with van der Waals surface area (Å²) < 4.78 is 26.2. The zero-order valence-corrected chi connectivity index (χ0v) is 15.4. The number of nitrogens with zero attached hydrogens (tertiary/aromatic N) is 2. The Kier molecular flexibility index (Phi) is 7.72. The molecule has 0 unspecified atom stereocenters. The Morgan fingerprint density at radius 2 is 1.43 bits per heavy atom. The second-order valence-corrected chi connectivity index (χ2v) is 7.24. The van der Waals surface area contributed by atoms with Gasteiger partial charge in [-0.05, 0) is 38.0 Å². The number of hydrogen-bond acceptors (Lipinski definition) is 3. The van der Waals surface area contributed by atoms with Gasteiger partial charge in [-0.25, -0.2) is 8.42 Å². The molecule has 0 saturated heterocycles. The molecule has 130 valence electrons. The van der Waals surface area contributed by atoms with Crippen molar-refractivity contribution >= 4 is 15.9 Å². The number of amides is 1. The molecular weight excluding hydrogens is 312 g/mol. The van der Waals surface area contributed by atoms with Gasteiger partial charge in [0.15, 0.2) is 0 Å². The van der Waals surface area contributed by atoms with E-state index in [4.69, 9.17) is 0 Å². The van der Waals surface area contributed by atoms with Crippen LogP contribution in [-0.2, 0) is 21.2 Å². The molecule has 1 aromatic rings. The quantitative estimate of drug-likeness (QED) is 0.694. The molecule has 0 radical (unpaired) electrons. The second kappa shape index (κ2) is 9.03. The van der Waals surface area contributed by atoms with Crippen molar-refractivity contribution in [1.29, 1.82) is 0 Å². The Labute approximate surface area is 140 Å². The third kappa shape index (κ3) is 5.04. The van der Waals surface area contributed by atoms with Crippen molar-refractivity contribution in [1.82, 2.24) is 9.21 Å². The lowest BCUT2D eigenvalue weighted by Gasteiger charge is -2.19. The highest BCUT2D eigenvalue weighted by Crippen LogP contribution is 2.17. The molecular formula is C17H28N2O3S. The van der Waals surface area contributed by atoms with Crippen LogP contribution in [0.3, 0.4) is 0 Å². The third-order valence-corrected chi connectivity index (χ3v) is 6.07. The minimum absolute atomic E-state index is 0.134. The highest BCUT2D eigenvalue weighted by atomic mass is 32.2. The van der Waals surface area contributed by atoms with Crippen LogP contribution in [0.5, 0.6) is 0 Å². The molecule has 0 bridgehead atoms. The summed E-state index contributed by atoms with van der Waals surface area (Å²) in [6, 6.07) is 6.85. The highest BCUT2D eigenvalue weighted by Gasteiger charge is 2.21. The van der Waals surface area contributed by atoms with E-state index in [-0.39, 0.29) is 5.91 Å². The van der Waals surface area contributed by atoms with Crippen molar-refractivity contribution in [3.63, 3.8) is 0 Å². The first-order valence-electron chi connectivity index (χ1n) is 8.27. The normalized spacial score (nSPS) is 11.7. The summed E-state index contributed by atoms with van der Waals surface area (Å²) in [4.78, 5) is 14.1. The molecule has 0 fully saturated rings. The predicted molar refractivity (Wildman–Crippen MR) is 92.8 cm³/mol. The van der Waals surface area contributed by atoms with E-state index in [2.05, 4.69) is 0 Å². The topological polar surface area (TPSA) is 57.7 Å². The van der Waals surface area contributed by atoms with Crippen LogP contribution in [0.1, 0.15) is 39.7 Å². The molecule has 0 saturated carbocycles. The molecule has 0 spiro atoms. The molecule has 23 heavy (non-hydrogen) atoms.